The molecule has 2 amide bonds. The summed E-state index contributed by atoms with van der Waals surface area (Å²) in [5.74, 6) is 2.63. The summed E-state index contributed by atoms with van der Waals surface area (Å²) >= 11 is 0. The summed E-state index contributed by atoms with van der Waals surface area (Å²) in [5.41, 5.74) is 2.22. The van der Waals surface area contributed by atoms with Crippen LogP contribution in [0.15, 0.2) is 42.5 Å². The zero-order valence-electron chi connectivity index (χ0n) is 17.6. The van der Waals surface area contributed by atoms with E-state index >= 15 is 0 Å². The van der Waals surface area contributed by atoms with Gasteiger partial charge in [0.25, 0.3) is 5.91 Å². The molecular weight excluding hydrogens is 396 g/mol. The molecule has 2 aliphatic heterocycles. The lowest BCUT2D eigenvalue weighted by Crippen LogP contribution is -2.52. The molecule has 31 heavy (non-hydrogen) atoms. The highest BCUT2D eigenvalue weighted by molar-refractivity contribution is 5.84. The molecule has 3 aliphatic rings. The Bertz CT molecular complexity index is 999. The zero-order chi connectivity index (χ0) is 21.4. The minimum absolute atomic E-state index is 0.0201. The molecule has 7 nitrogen and oxygen atoms in total. The number of hydrogen-bond donors (Lipinski definition) is 0. The predicted octanol–water partition coefficient (Wildman–Crippen LogP) is 2.58. The monoisotopic (exact) mass is 422 g/mol. The molecule has 2 fully saturated rings. The molecule has 2 atom stereocenters. The zero-order valence-corrected chi connectivity index (χ0v) is 17.6. The number of rotatable bonds is 5. The van der Waals surface area contributed by atoms with Crippen molar-refractivity contribution >= 4 is 11.8 Å². The Morgan fingerprint density at radius 1 is 1.00 bits per heavy atom. The van der Waals surface area contributed by atoms with Crippen LogP contribution in [0, 0.1) is 12.8 Å². The molecule has 1 saturated heterocycles. The highest BCUT2D eigenvalue weighted by Crippen LogP contribution is 2.50. The summed E-state index contributed by atoms with van der Waals surface area (Å²) in [6, 6.07) is 13.6. The lowest BCUT2D eigenvalue weighted by molar-refractivity contribution is -0.141. The van der Waals surface area contributed by atoms with E-state index in [-0.39, 0.29) is 37.0 Å². The van der Waals surface area contributed by atoms with Crippen LogP contribution in [0.1, 0.15) is 23.5 Å². The highest BCUT2D eigenvalue weighted by Gasteiger charge is 2.46. The van der Waals surface area contributed by atoms with Crippen LogP contribution in [0.25, 0.3) is 0 Å². The van der Waals surface area contributed by atoms with Gasteiger partial charge in [0, 0.05) is 32.1 Å². The Hall–Kier alpha value is -3.22. The Morgan fingerprint density at radius 2 is 1.77 bits per heavy atom. The predicted molar refractivity (Wildman–Crippen MR) is 113 cm³/mol. The van der Waals surface area contributed by atoms with Crippen molar-refractivity contribution in [3.63, 3.8) is 0 Å². The number of benzene rings is 2. The van der Waals surface area contributed by atoms with E-state index in [1.807, 2.05) is 54.3 Å². The molecule has 0 aromatic heterocycles. The second-order valence-corrected chi connectivity index (χ2v) is 8.37. The first kappa shape index (κ1) is 19.7. The molecule has 2 heterocycles. The highest BCUT2D eigenvalue weighted by atomic mass is 16.7. The summed E-state index contributed by atoms with van der Waals surface area (Å²) in [6.07, 6.45) is 0.863. The van der Waals surface area contributed by atoms with Gasteiger partial charge in [0.15, 0.2) is 18.1 Å². The third kappa shape index (κ3) is 4.17. The molecule has 0 bridgehead atoms. The second kappa shape index (κ2) is 8.13. The SMILES string of the molecule is Cc1cccc(OCC(=O)N2CCN(C(=O)C3CC3c3ccc4c(c3)OCO4)CC2)c1. The van der Waals surface area contributed by atoms with Gasteiger partial charge in [-0.2, -0.15) is 0 Å². The van der Waals surface area contributed by atoms with E-state index in [2.05, 4.69) is 0 Å². The molecule has 162 valence electrons. The van der Waals surface area contributed by atoms with E-state index in [9.17, 15) is 9.59 Å². The minimum Gasteiger partial charge on any atom is -0.484 e. The molecule has 5 rings (SSSR count). The number of carbonyl (C=O) groups is 2. The van der Waals surface area contributed by atoms with E-state index < -0.39 is 0 Å². The van der Waals surface area contributed by atoms with Gasteiger partial charge in [0.05, 0.1) is 0 Å². The van der Waals surface area contributed by atoms with Gasteiger partial charge >= 0.3 is 0 Å². The fraction of sp³-hybridized carbons (Fsp3) is 0.417. The first-order chi connectivity index (χ1) is 15.1. The summed E-state index contributed by atoms with van der Waals surface area (Å²) in [6.45, 7) is 4.49. The largest absolute Gasteiger partial charge is 0.484 e. The number of fused-ring (bicyclic) bond motifs is 1. The molecule has 0 radical (unpaired) electrons. The number of nitrogens with zero attached hydrogens (tertiary/aromatic N) is 2. The first-order valence-electron chi connectivity index (χ1n) is 10.7. The Balaban J connectivity index is 1.10. The first-order valence-corrected chi connectivity index (χ1v) is 10.7. The van der Waals surface area contributed by atoms with Gasteiger partial charge < -0.3 is 24.0 Å². The van der Waals surface area contributed by atoms with Crippen molar-refractivity contribution in [2.24, 2.45) is 5.92 Å². The number of piperazine rings is 1. The third-order valence-electron chi connectivity index (χ3n) is 6.23. The fourth-order valence-corrected chi connectivity index (χ4v) is 4.33. The van der Waals surface area contributed by atoms with E-state index in [0.717, 1.165) is 29.0 Å². The Morgan fingerprint density at radius 3 is 2.58 bits per heavy atom. The molecule has 0 spiro atoms. The van der Waals surface area contributed by atoms with E-state index in [1.165, 1.54) is 0 Å². The van der Waals surface area contributed by atoms with Crippen molar-refractivity contribution in [1.82, 2.24) is 9.80 Å². The van der Waals surface area contributed by atoms with Crippen LogP contribution in [-0.2, 0) is 9.59 Å². The second-order valence-electron chi connectivity index (χ2n) is 8.37. The fourth-order valence-electron chi connectivity index (χ4n) is 4.33. The van der Waals surface area contributed by atoms with Gasteiger partial charge in [0.2, 0.25) is 12.7 Å². The minimum atomic E-state index is -0.0433. The average molecular weight is 422 g/mol. The smallest absolute Gasteiger partial charge is 0.260 e. The van der Waals surface area contributed by atoms with Crippen molar-refractivity contribution in [2.45, 2.75) is 19.3 Å². The Kier molecular flexibility index (Phi) is 5.18. The van der Waals surface area contributed by atoms with Gasteiger partial charge in [-0.25, -0.2) is 0 Å². The van der Waals surface area contributed by atoms with Gasteiger partial charge in [-0.1, -0.05) is 18.2 Å². The molecule has 0 N–H and O–H groups in total. The number of carbonyl (C=O) groups excluding carboxylic acids is 2. The summed E-state index contributed by atoms with van der Waals surface area (Å²) in [5, 5.41) is 0. The molecule has 7 heteroatoms. The van der Waals surface area contributed by atoms with Crippen LogP contribution in [0.5, 0.6) is 17.2 Å². The maximum atomic E-state index is 12.9. The van der Waals surface area contributed by atoms with Crippen LogP contribution >= 0.6 is 0 Å². The van der Waals surface area contributed by atoms with E-state index in [1.54, 1.807) is 4.90 Å². The van der Waals surface area contributed by atoms with Crippen molar-refractivity contribution in [2.75, 3.05) is 39.6 Å². The molecule has 1 saturated carbocycles. The van der Waals surface area contributed by atoms with Crippen molar-refractivity contribution < 1.29 is 23.8 Å². The van der Waals surface area contributed by atoms with E-state index in [4.69, 9.17) is 14.2 Å². The van der Waals surface area contributed by atoms with Gasteiger partial charge in [-0.3, -0.25) is 9.59 Å². The molecule has 2 aromatic rings. The van der Waals surface area contributed by atoms with Crippen molar-refractivity contribution in [3.05, 3.63) is 53.6 Å². The van der Waals surface area contributed by atoms with Crippen LogP contribution < -0.4 is 14.2 Å². The lowest BCUT2D eigenvalue weighted by Gasteiger charge is -2.35. The molecule has 1 aliphatic carbocycles. The summed E-state index contributed by atoms with van der Waals surface area (Å²) in [4.78, 5) is 29.1. The van der Waals surface area contributed by atoms with Crippen LogP contribution in [0.3, 0.4) is 0 Å². The number of aryl methyl sites for hydroxylation is 1. The molecule has 2 aromatic carbocycles. The van der Waals surface area contributed by atoms with Gasteiger partial charge in [0.1, 0.15) is 5.75 Å². The van der Waals surface area contributed by atoms with Crippen LogP contribution in [0.4, 0.5) is 0 Å². The number of amides is 2. The third-order valence-corrected chi connectivity index (χ3v) is 6.23. The maximum absolute atomic E-state index is 12.9. The van der Waals surface area contributed by atoms with Crippen molar-refractivity contribution in [1.29, 1.82) is 0 Å². The summed E-state index contributed by atoms with van der Waals surface area (Å²) < 4.78 is 16.4. The topological polar surface area (TPSA) is 68.3 Å². The number of hydrogen-bond acceptors (Lipinski definition) is 5. The molecular formula is C24H26N2O5. The average Bonchev–Trinajstić information content (AvgIpc) is 3.46. The maximum Gasteiger partial charge on any atom is 0.260 e. The summed E-state index contributed by atoms with van der Waals surface area (Å²) in [7, 11) is 0. The Labute approximate surface area is 181 Å². The van der Waals surface area contributed by atoms with Crippen LogP contribution in [-0.4, -0.2) is 61.2 Å². The normalized spacial score (nSPS) is 21.7. The van der Waals surface area contributed by atoms with Crippen molar-refractivity contribution in [3.8, 4) is 17.2 Å². The van der Waals surface area contributed by atoms with E-state index in [0.29, 0.717) is 31.9 Å². The quantitative estimate of drug-likeness (QED) is 0.741. The van der Waals surface area contributed by atoms with Gasteiger partial charge in [-0.05, 0) is 54.7 Å². The van der Waals surface area contributed by atoms with Gasteiger partial charge in [-0.15, -0.1) is 0 Å². The van der Waals surface area contributed by atoms with Crippen LogP contribution in [0.2, 0.25) is 0 Å². The lowest BCUT2D eigenvalue weighted by atomic mass is 10.1. The number of ether oxygens (including phenoxy) is 3. The molecule has 2 unspecified atom stereocenters. The standard InChI is InChI=1S/C24H26N2O5/c1-16-3-2-4-18(11-16)29-14-23(27)25-7-9-26(10-8-25)24(28)20-13-19(20)17-5-6-21-22(12-17)31-15-30-21/h2-6,11-12,19-20H,7-10,13-15H2,1H3.